The van der Waals surface area contributed by atoms with Gasteiger partial charge in [-0.15, -0.1) is 0 Å². The van der Waals surface area contributed by atoms with Gasteiger partial charge in [0.2, 0.25) is 0 Å². The van der Waals surface area contributed by atoms with Gasteiger partial charge in [0.15, 0.2) is 0 Å². The molecule has 1 aliphatic heterocycles. The molecule has 1 nitrogen and oxygen atoms in total. The monoisotopic (exact) mass is 457 g/mol. The molecule has 2 aliphatic rings. The summed E-state index contributed by atoms with van der Waals surface area (Å²) in [5.41, 5.74) is 10.4. The highest BCUT2D eigenvalue weighted by Gasteiger charge is 2.50. The van der Waals surface area contributed by atoms with Crippen molar-refractivity contribution in [2.45, 2.75) is 5.41 Å². The predicted octanol–water partition coefficient (Wildman–Crippen LogP) is 6.85. The van der Waals surface area contributed by atoms with Gasteiger partial charge in [0.1, 0.15) is 0 Å². The van der Waals surface area contributed by atoms with E-state index < -0.39 is 0 Å². The van der Waals surface area contributed by atoms with Crippen molar-refractivity contribution >= 4 is 34.2 Å². The van der Waals surface area contributed by atoms with Gasteiger partial charge in [0, 0.05) is 0 Å². The Morgan fingerprint density at radius 2 is 0.852 bits per heavy atom. The Bertz CT molecular complexity index is 1120. The fourth-order valence-electron chi connectivity index (χ4n) is 5.01. The summed E-state index contributed by atoms with van der Waals surface area (Å²) >= 11 is 2.44. The summed E-state index contributed by atoms with van der Waals surface area (Å²) in [5, 5.41) is 0. The second-order valence-electron chi connectivity index (χ2n) is 7.16. The molecule has 0 atom stereocenters. The van der Waals surface area contributed by atoms with Crippen molar-refractivity contribution in [3.63, 3.8) is 0 Å². The summed E-state index contributed by atoms with van der Waals surface area (Å²) in [7, 11) is 0. The average Bonchev–Trinajstić information content (AvgIpc) is 3.04. The lowest BCUT2D eigenvalue weighted by atomic mass is 9.65. The zero-order valence-corrected chi connectivity index (χ0v) is 16.7. The van der Waals surface area contributed by atoms with E-state index in [2.05, 4.69) is 123 Å². The maximum atomic E-state index is 2.44. The number of benzene rings is 4. The second kappa shape index (κ2) is 5.46. The van der Waals surface area contributed by atoms with E-state index in [4.69, 9.17) is 0 Å². The van der Waals surface area contributed by atoms with Gasteiger partial charge in [-0.2, -0.15) is 0 Å². The first-order valence-corrected chi connectivity index (χ1v) is 10.1. The highest BCUT2D eigenvalue weighted by atomic mass is 127. The van der Waals surface area contributed by atoms with E-state index in [-0.39, 0.29) is 5.41 Å². The van der Waals surface area contributed by atoms with Crippen molar-refractivity contribution in [1.29, 1.82) is 0 Å². The Balaban J connectivity index is 1.87. The van der Waals surface area contributed by atoms with Crippen molar-refractivity contribution in [3.8, 4) is 11.1 Å². The highest BCUT2D eigenvalue weighted by Crippen LogP contribution is 2.62. The Kier molecular flexibility index (Phi) is 3.13. The minimum absolute atomic E-state index is 0.262. The number of halogens is 1. The summed E-state index contributed by atoms with van der Waals surface area (Å²) in [4.78, 5) is 0. The fraction of sp³-hybridized carbons (Fsp3) is 0.0400. The first-order chi connectivity index (χ1) is 13.3. The van der Waals surface area contributed by atoms with Crippen molar-refractivity contribution in [3.05, 3.63) is 119 Å². The number of anilines is 2. The van der Waals surface area contributed by atoms with Gasteiger partial charge in [0.05, 0.1) is 39.7 Å². The van der Waals surface area contributed by atoms with Crippen molar-refractivity contribution in [1.82, 2.24) is 0 Å². The van der Waals surface area contributed by atoms with Crippen molar-refractivity contribution in [2.75, 3.05) is 3.11 Å². The van der Waals surface area contributed by atoms with Gasteiger partial charge < -0.3 is 0 Å². The first-order valence-electron chi connectivity index (χ1n) is 9.18. The molecule has 0 N–H and O–H groups in total. The molecule has 0 saturated heterocycles. The molecule has 0 unspecified atom stereocenters. The number of hydrogen-bond donors (Lipinski definition) is 0. The lowest BCUT2D eigenvalue weighted by Gasteiger charge is -2.42. The van der Waals surface area contributed by atoms with Crippen molar-refractivity contribution < 1.29 is 0 Å². The first kappa shape index (κ1) is 15.5. The van der Waals surface area contributed by atoms with Crippen LogP contribution in [0.3, 0.4) is 0 Å². The minimum atomic E-state index is -0.262. The van der Waals surface area contributed by atoms with Crippen LogP contribution in [-0.2, 0) is 5.41 Å². The van der Waals surface area contributed by atoms with E-state index in [0.29, 0.717) is 0 Å². The summed E-state index contributed by atoms with van der Waals surface area (Å²) < 4.78 is 2.30. The van der Waals surface area contributed by atoms with E-state index in [1.54, 1.807) is 0 Å². The van der Waals surface area contributed by atoms with Gasteiger partial charge in [-0.05, 0) is 45.5 Å². The Labute approximate surface area is 172 Å². The van der Waals surface area contributed by atoms with Crippen LogP contribution in [0.15, 0.2) is 97.1 Å². The largest absolute Gasteiger partial charge is 0.282 e. The van der Waals surface area contributed by atoms with Crippen LogP contribution in [0.2, 0.25) is 0 Å². The molecular formula is C25H16IN. The van der Waals surface area contributed by atoms with E-state index in [1.165, 1.54) is 44.8 Å². The summed E-state index contributed by atoms with van der Waals surface area (Å²) in [6.07, 6.45) is 0. The van der Waals surface area contributed by atoms with Crippen LogP contribution < -0.4 is 3.11 Å². The van der Waals surface area contributed by atoms with Gasteiger partial charge in [-0.1, -0.05) is 84.9 Å². The van der Waals surface area contributed by atoms with E-state index in [0.717, 1.165) is 0 Å². The van der Waals surface area contributed by atoms with Crippen LogP contribution in [0.25, 0.3) is 11.1 Å². The predicted molar refractivity (Wildman–Crippen MR) is 120 cm³/mol. The smallest absolute Gasteiger partial charge is 0.0754 e. The molecule has 0 bridgehead atoms. The number of hydrogen-bond acceptors (Lipinski definition) is 1. The Morgan fingerprint density at radius 1 is 0.481 bits per heavy atom. The van der Waals surface area contributed by atoms with Crippen molar-refractivity contribution in [2.24, 2.45) is 0 Å². The molecule has 0 saturated carbocycles. The number of para-hydroxylation sites is 2. The van der Waals surface area contributed by atoms with Crippen LogP contribution in [0, 0.1) is 0 Å². The zero-order valence-electron chi connectivity index (χ0n) is 14.6. The molecule has 4 aromatic rings. The molecule has 1 spiro atoms. The lowest BCUT2D eigenvalue weighted by Crippen LogP contribution is -2.34. The maximum Gasteiger partial charge on any atom is 0.0754 e. The molecule has 2 heteroatoms. The molecular weight excluding hydrogens is 441 g/mol. The topological polar surface area (TPSA) is 3.24 Å². The van der Waals surface area contributed by atoms with Crippen LogP contribution in [0.5, 0.6) is 0 Å². The fourth-order valence-corrected chi connectivity index (χ4v) is 5.86. The van der Waals surface area contributed by atoms with Gasteiger partial charge >= 0.3 is 0 Å². The number of rotatable bonds is 0. The van der Waals surface area contributed by atoms with Gasteiger partial charge in [0.25, 0.3) is 0 Å². The molecule has 0 fully saturated rings. The van der Waals surface area contributed by atoms with E-state index in [1.807, 2.05) is 0 Å². The molecule has 128 valence electrons. The number of nitrogens with zero attached hydrogens (tertiary/aromatic N) is 1. The Morgan fingerprint density at radius 3 is 1.33 bits per heavy atom. The highest BCUT2D eigenvalue weighted by molar-refractivity contribution is 14.1. The quantitative estimate of drug-likeness (QED) is 0.182. The molecule has 0 amide bonds. The summed E-state index contributed by atoms with van der Waals surface area (Å²) in [6, 6.07) is 35.5. The standard InChI is InChI=1S/C25H16IN/c26-27-23-15-7-5-13-21(23)25(22-14-6-8-16-24(22)27)19-11-3-1-9-17(19)18-10-2-4-12-20(18)25/h1-16H. The number of fused-ring (bicyclic) bond motifs is 9. The molecule has 27 heavy (non-hydrogen) atoms. The summed E-state index contributed by atoms with van der Waals surface area (Å²) in [6.45, 7) is 0. The molecule has 6 rings (SSSR count). The minimum Gasteiger partial charge on any atom is -0.282 e. The van der Waals surface area contributed by atoms with Gasteiger partial charge in [-0.25, -0.2) is 0 Å². The van der Waals surface area contributed by atoms with E-state index in [9.17, 15) is 0 Å². The zero-order chi connectivity index (χ0) is 18.0. The third-order valence-electron chi connectivity index (χ3n) is 5.99. The van der Waals surface area contributed by atoms with Gasteiger partial charge in [-0.3, -0.25) is 3.11 Å². The molecule has 1 heterocycles. The molecule has 4 aromatic carbocycles. The maximum absolute atomic E-state index is 2.44. The molecule has 1 aliphatic carbocycles. The third-order valence-corrected chi connectivity index (χ3v) is 7.03. The second-order valence-corrected chi connectivity index (χ2v) is 8.12. The van der Waals surface area contributed by atoms with Crippen LogP contribution >= 0.6 is 22.9 Å². The van der Waals surface area contributed by atoms with Crippen LogP contribution in [0.4, 0.5) is 11.4 Å². The molecule has 0 aromatic heterocycles. The third kappa shape index (κ3) is 1.79. The van der Waals surface area contributed by atoms with E-state index >= 15 is 0 Å². The Hall–Kier alpha value is -2.59. The SMILES string of the molecule is IN1c2ccccc2C2(c3ccccc3-c3ccccc32)c2ccccc21. The summed E-state index contributed by atoms with van der Waals surface area (Å²) in [5.74, 6) is 0. The lowest BCUT2D eigenvalue weighted by molar-refractivity contribution is 0.759. The van der Waals surface area contributed by atoms with Crippen LogP contribution in [0.1, 0.15) is 22.3 Å². The normalized spacial score (nSPS) is 15.1. The average molecular weight is 457 g/mol. The molecule has 0 radical (unpaired) electrons. The van der Waals surface area contributed by atoms with Crippen LogP contribution in [-0.4, -0.2) is 0 Å².